The normalized spacial score (nSPS) is 18.2. The van der Waals surface area contributed by atoms with Crippen LogP contribution < -0.4 is 10.1 Å². The Hall–Kier alpha value is -2.62. The van der Waals surface area contributed by atoms with Crippen LogP contribution in [0.2, 0.25) is 0 Å². The van der Waals surface area contributed by atoms with Gasteiger partial charge in [0.25, 0.3) is 0 Å². The first-order chi connectivity index (χ1) is 15.3. The molecule has 1 aromatic heterocycles. The Morgan fingerprint density at radius 1 is 1.06 bits per heavy atom. The predicted octanol–water partition coefficient (Wildman–Crippen LogP) is 3.40. The van der Waals surface area contributed by atoms with Gasteiger partial charge in [-0.2, -0.15) is 0 Å². The van der Waals surface area contributed by atoms with E-state index in [1.54, 1.807) is 12.5 Å². The Bertz CT molecular complexity index is 875. The van der Waals surface area contributed by atoms with Crippen LogP contribution in [0.4, 0.5) is 5.82 Å². The van der Waals surface area contributed by atoms with Crippen molar-refractivity contribution in [3.63, 3.8) is 0 Å². The molecule has 164 valence electrons. The summed E-state index contributed by atoms with van der Waals surface area (Å²) in [5.41, 5.74) is 2.15. The van der Waals surface area contributed by atoms with Crippen LogP contribution in [0.3, 0.4) is 0 Å². The summed E-state index contributed by atoms with van der Waals surface area (Å²) in [6, 6.07) is 8.87. The summed E-state index contributed by atoms with van der Waals surface area (Å²) in [4.78, 5) is 13.4. The zero-order chi connectivity index (χ0) is 21.3. The minimum atomic E-state index is 0.343. The zero-order valence-corrected chi connectivity index (χ0v) is 18.5. The molecule has 0 bridgehead atoms. The van der Waals surface area contributed by atoms with Crippen LogP contribution in [-0.2, 0) is 6.54 Å². The summed E-state index contributed by atoms with van der Waals surface area (Å²) in [7, 11) is 2.19. The topological polar surface area (TPSA) is 53.5 Å². The Labute approximate surface area is 186 Å². The van der Waals surface area contributed by atoms with Crippen molar-refractivity contribution < 1.29 is 4.74 Å². The van der Waals surface area contributed by atoms with Crippen molar-refractivity contribution in [2.24, 2.45) is 0 Å². The maximum Gasteiger partial charge on any atom is 0.149 e. The van der Waals surface area contributed by atoms with Gasteiger partial charge < -0.3 is 15.0 Å². The lowest BCUT2D eigenvalue weighted by atomic mass is 9.95. The molecule has 1 N–H and O–H groups in total. The van der Waals surface area contributed by atoms with Gasteiger partial charge >= 0.3 is 0 Å². The summed E-state index contributed by atoms with van der Waals surface area (Å²) >= 11 is 0. The highest BCUT2D eigenvalue weighted by atomic mass is 16.5. The van der Waals surface area contributed by atoms with E-state index in [9.17, 15) is 0 Å². The van der Waals surface area contributed by atoms with E-state index in [1.165, 1.54) is 37.7 Å². The largest absolute Gasteiger partial charge is 0.481 e. The smallest absolute Gasteiger partial charge is 0.149 e. The van der Waals surface area contributed by atoms with E-state index in [0.29, 0.717) is 12.6 Å². The van der Waals surface area contributed by atoms with Crippen molar-refractivity contribution in [2.45, 2.75) is 44.7 Å². The first-order valence-electron chi connectivity index (χ1n) is 11.4. The summed E-state index contributed by atoms with van der Waals surface area (Å²) in [6.07, 6.45) is 9.66. The minimum Gasteiger partial charge on any atom is -0.481 e. The van der Waals surface area contributed by atoms with E-state index >= 15 is 0 Å². The number of hydrogen-bond acceptors (Lipinski definition) is 6. The Balaban J connectivity index is 1.26. The number of piperazine rings is 1. The van der Waals surface area contributed by atoms with E-state index in [1.807, 2.05) is 12.1 Å². The van der Waals surface area contributed by atoms with Crippen LogP contribution in [0.25, 0.3) is 0 Å². The number of rotatable bonds is 6. The molecule has 1 aliphatic heterocycles. The fourth-order valence-electron chi connectivity index (χ4n) is 4.18. The van der Waals surface area contributed by atoms with Gasteiger partial charge in [0.15, 0.2) is 0 Å². The number of hydrogen-bond donors (Lipinski definition) is 1. The molecular weight excluding hydrogens is 386 g/mol. The second kappa shape index (κ2) is 11.1. The fourth-order valence-corrected chi connectivity index (χ4v) is 4.18. The van der Waals surface area contributed by atoms with Crippen LogP contribution in [0, 0.1) is 11.8 Å². The predicted molar refractivity (Wildman–Crippen MR) is 124 cm³/mol. The minimum absolute atomic E-state index is 0.343. The number of ether oxygens (including phenoxy) is 1. The molecule has 2 fully saturated rings. The molecule has 6 nitrogen and oxygen atoms in total. The number of anilines is 1. The second-order valence-electron chi connectivity index (χ2n) is 8.58. The molecule has 1 aromatic carbocycles. The highest BCUT2D eigenvalue weighted by Gasteiger charge is 2.15. The zero-order valence-electron chi connectivity index (χ0n) is 18.5. The maximum atomic E-state index is 5.82. The van der Waals surface area contributed by atoms with E-state index in [2.05, 4.69) is 56.1 Å². The summed E-state index contributed by atoms with van der Waals surface area (Å²) in [5, 5.41) is 3.55. The van der Waals surface area contributed by atoms with Gasteiger partial charge in [0, 0.05) is 45.0 Å². The molecular formula is C25H33N5O. The third-order valence-electron chi connectivity index (χ3n) is 6.12. The Kier molecular flexibility index (Phi) is 7.76. The molecule has 0 atom stereocenters. The number of likely N-dealkylation sites (N-methyl/N-ethyl adjacent to an activating group) is 1. The van der Waals surface area contributed by atoms with Crippen LogP contribution in [-0.4, -0.2) is 65.6 Å². The highest BCUT2D eigenvalue weighted by Crippen LogP contribution is 2.22. The molecule has 6 heteroatoms. The van der Waals surface area contributed by atoms with E-state index in [0.717, 1.165) is 49.9 Å². The first-order valence-corrected chi connectivity index (χ1v) is 11.4. The lowest BCUT2D eigenvalue weighted by molar-refractivity contribution is 0.148. The molecule has 0 radical (unpaired) electrons. The van der Waals surface area contributed by atoms with E-state index < -0.39 is 0 Å². The maximum absolute atomic E-state index is 5.82. The molecule has 1 saturated carbocycles. The monoisotopic (exact) mass is 419 g/mol. The van der Waals surface area contributed by atoms with Crippen molar-refractivity contribution in [2.75, 3.05) is 45.2 Å². The van der Waals surface area contributed by atoms with E-state index in [4.69, 9.17) is 4.74 Å². The van der Waals surface area contributed by atoms with Gasteiger partial charge in [0.05, 0.1) is 5.56 Å². The third-order valence-corrected chi connectivity index (χ3v) is 6.12. The Morgan fingerprint density at radius 3 is 2.61 bits per heavy atom. The highest BCUT2D eigenvalue weighted by molar-refractivity contribution is 5.53. The molecule has 2 heterocycles. The van der Waals surface area contributed by atoms with Gasteiger partial charge in [-0.25, -0.2) is 9.97 Å². The average Bonchev–Trinajstić information content (AvgIpc) is 2.81. The number of aromatic nitrogens is 2. The van der Waals surface area contributed by atoms with Crippen LogP contribution in [0.5, 0.6) is 5.75 Å². The van der Waals surface area contributed by atoms with Crippen LogP contribution in [0.1, 0.15) is 43.2 Å². The molecule has 4 rings (SSSR count). The van der Waals surface area contributed by atoms with Crippen molar-refractivity contribution in [3.05, 3.63) is 47.9 Å². The van der Waals surface area contributed by atoms with Gasteiger partial charge in [-0.15, -0.1) is 0 Å². The molecule has 2 aliphatic rings. The van der Waals surface area contributed by atoms with Crippen LogP contribution >= 0.6 is 0 Å². The fraction of sp³-hybridized carbons (Fsp3) is 0.520. The lowest BCUT2D eigenvalue weighted by Gasteiger charge is -2.32. The average molecular weight is 420 g/mol. The van der Waals surface area contributed by atoms with Gasteiger partial charge in [0.2, 0.25) is 0 Å². The van der Waals surface area contributed by atoms with E-state index in [-0.39, 0.29) is 0 Å². The quantitative estimate of drug-likeness (QED) is 0.725. The van der Waals surface area contributed by atoms with Gasteiger partial charge in [-0.1, -0.05) is 43.2 Å². The molecule has 1 saturated heterocycles. The molecule has 0 unspecified atom stereocenters. The molecule has 1 aliphatic carbocycles. The standard InChI is InChI=1S/C25H33N5O/c1-29-13-15-30(16-14-29)19-21-9-11-24(12-10-21)31-17-5-6-22-18-26-20-27-25(22)28-23-7-3-2-4-8-23/h9-12,18,20,23H,2-4,7-8,13-17,19H2,1H3,(H,26,27,28). The molecule has 2 aromatic rings. The van der Waals surface area contributed by atoms with Gasteiger partial charge in [-0.3, -0.25) is 4.90 Å². The van der Waals surface area contributed by atoms with Crippen LogP contribution in [0.15, 0.2) is 36.8 Å². The number of nitrogens with zero attached hydrogens (tertiary/aromatic N) is 4. The first kappa shape index (κ1) is 21.6. The SMILES string of the molecule is CN1CCN(Cc2ccc(OCC#Cc3cncnc3NC3CCCCC3)cc2)CC1. The molecule has 31 heavy (non-hydrogen) atoms. The molecule has 0 amide bonds. The van der Waals surface area contributed by atoms with Crippen molar-refractivity contribution in [1.29, 1.82) is 0 Å². The van der Waals surface area contributed by atoms with Crippen molar-refractivity contribution >= 4 is 5.82 Å². The number of benzene rings is 1. The summed E-state index contributed by atoms with van der Waals surface area (Å²) in [5.74, 6) is 7.96. The van der Waals surface area contributed by atoms with Crippen molar-refractivity contribution in [1.82, 2.24) is 19.8 Å². The lowest BCUT2D eigenvalue weighted by Crippen LogP contribution is -2.43. The van der Waals surface area contributed by atoms with Crippen molar-refractivity contribution in [3.8, 4) is 17.6 Å². The molecule has 0 spiro atoms. The number of nitrogens with one attached hydrogen (secondary N) is 1. The van der Waals surface area contributed by atoms with Gasteiger partial charge in [-0.05, 0) is 37.6 Å². The second-order valence-corrected chi connectivity index (χ2v) is 8.58. The third kappa shape index (κ3) is 6.68. The summed E-state index contributed by atoms with van der Waals surface area (Å²) < 4.78 is 5.82. The summed E-state index contributed by atoms with van der Waals surface area (Å²) in [6.45, 7) is 5.89. The van der Waals surface area contributed by atoms with Gasteiger partial charge in [0.1, 0.15) is 24.5 Å². The Morgan fingerprint density at radius 2 is 1.84 bits per heavy atom.